The number of carbonyl (C=O) groups excluding carboxylic acids is 5. The van der Waals surface area contributed by atoms with Gasteiger partial charge in [-0.2, -0.15) is 10.5 Å². The van der Waals surface area contributed by atoms with Crippen LogP contribution in [0, 0.1) is 34.5 Å². The van der Waals surface area contributed by atoms with Gasteiger partial charge in [0, 0.05) is 73.9 Å². The summed E-state index contributed by atoms with van der Waals surface area (Å²) in [6, 6.07) is 21.1. The van der Waals surface area contributed by atoms with Gasteiger partial charge in [-0.3, -0.25) is 28.8 Å². The van der Waals surface area contributed by atoms with E-state index in [-0.39, 0.29) is 67.3 Å². The number of rotatable bonds is 14. The molecule has 7 rings (SSSR count). The van der Waals surface area contributed by atoms with Crippen molar-refractivity contribution in [2.75, 3.05) is 26.3 Å². The molecule has 1 saturated heterocycles. The van der Waals surface area contributed by atoms with E-state index in [1.54, 1.807) is 4.90 Å². The number of nitrogens with zero attached hydrogens (tertiary/aromatic N) is 5. The summed E-state index contributed by atoms with van der Waals surface area (Å²) in [7, 11) is 3.69. The van der Waals surface area contributed by atoms with Gasteiger partial charge in [-0.1, -0.05) is 62.1 Å². The average Bonchev–Trinajstić information content (AvgIpc) is 3.85. The number of aromatic nitrogens is 2. The molecule has 6 atom stereocenters. The van der Waals surface area contributed by atoms with Gasteiger partial charge in [0.1, 0.15) is 23.5 Å². The number of benzene rings is 2. The standard InChI is InChI=1S/C26H33N5O4.C22H26N4O4/c1-30-22-9-5-2-6-18(22)16-23(30)26(34)29-21-8-4-3-7-20(21)25(33)28-19(17-27)10-11-24(32)31-12-14-35-15-13-31;1-26-18-9-5-2-6-14(18)12-19(26)22(30)25-17-8-4-3-7-16(17)21(29)24-15(13-23)10-11-20(27)28/h2,5-6,9,16,19-21H,3-4,7-8,10-15H2,1H3,(H,28,33)(H,29,34);2,5-6,9,12,15-17H,3-4,7-8,10-11H2,1H3,(H,24,29)(H,25,30)(H,27,28)/t19-,20+,21-;15-,16+,17-/m00/s1. The number of amides is 5. The normalized spacial score (nSPS) is 20.5. The maximum atomic E-state index is 13.1. The molecule has 65 heavy (non-hydrogen) atoms. The highest BCUT2D eigenvalue weighted by atomic mass is 16.5. The number of morpholine rings is 1. The largest absolute Gasteiger partial charge is 0.481 e. The van der Waals surface area contributed by atoms with E-state index < -0.39 is 29.9 Å². The summed E-state index contributed by atoms with van der Waals surface area (Å²) < 4.78 is 8.96. The van der Waals surface area contributed by atoms with Gasteiger partial charge in [-0.15, -0.1) is 0 Å². The molecular formula is C48H59N9O8. The number of nitriles is 2. The summed E-state index contributed by atoms with van der Waals surface area (Å²) >= 11 is 0. The van der Waals surface area contributed by atoms with Gasteiger partial charge >= 0.3 is 5.97 Å². The predicted octanol–water partition coefficient (Wildman–Crippen LogP) is 4.45. The van der Waals surface area contributed by atoms with Gasteiger partial charge in [-0.05, 0) is 62.8 Å². The number of carboxylic acid groups (broad SMARTS) is 1. The molecule has 3 fully saturated rings. The monoisotopic (exact) mass is 889 g/mol. The molecule has 0 radical (unpaired) electrons. The Hall–Kier alpha value is -6.72. The van der Waals surface area contributed by atoms with Gasteiger partial charge in [0.15, 0.2) is 0 Å². The van der Waals surface area contributed by atoms with Crippen LogP contribution in [0.15, 0.2) is 60.7 Å². The number of ether oxygens (including phenoxy) is 1. The van der Waals surface area contributed by atoms with Crippen LogP contribution in [0.4, 0.5) is 0 Å². The molecule has 0 unspecified atom stereocenters. The van der Waals surface area contributed by atoms with E-state index in [0.717, 1.165) is 47.5 Å². The zero-order valence-corrected chi connectivity index (χ0v) is 37.1. The average molecular weight is 890 g/mol. The fraction of sp³-hybridized carbons (Fsp3) is 0.500. The lowest BCUT2D eigenvalue weighted by molar-refractivity contribution is -0.137. The third-order valence-electron chi connectivity index (χ3n) is 12.8. The molecule has 344 valence electrons. The molecule has 0 bridgehead atoms. The summed E-state index contributed by atoms with van der Waals surface area (Å²) in [6.45, 7) is 2.17. The minimum absolute atomic E-state index is 0.0273. The molecule has 3 aliphatic rings. The zero-order valence-electron chi connectivity index (χ0n) is 37.1. The number of para-hydroxylation sites is 2. The van der Waals surface area contributed by atoms with Crippen LogP contribution < -0.4 is 21.3 Å². The number of hydrogen-bond donors (Lipinski definition) is 5. The second-order valence-corrected chi connectivity index (χ2v) is 17.1. The minimum atomic E-state index is -1.01. The van der Waals surface area contributed by atoms with Crippen molar-refractivity contribution >= 4 is 57.3 Å². The fourth-order valence-electron chi connectivity index (χ4n) is 9.14. The van der Waals surface area contributed by atoms with Crippen LogP contribution in [0.5, 0.6) is 0 Å². The van der Waals surface area contributed by atoms with Gasteiger partial charge in [0.2, 0.25) is 17.7 Å². The van der Waals surface area contributed by atoms with Crippen molar-refractivity contribution in [2.24, 2.45) is 25.9 Å². The maximum absolute atomic E-state index is 13.1. The van der Waals surface area contributed by atoms with Crippen molar-refractivity contribution in [3.05, 3.63) is 72.1 Å². The van der Waals surface area contributed by atoms with Crippen molar-refractivity contribution in [1.82, 2.24) is 35.3 Å². The molecule has 2 aromatic heterocycles. The highest BCUT2D eigenvalue weighted by Crippen LogP contribution is 2.28. The van der Waals surface area contributed by atoms with E-state index in [1.165, 1.54) is 0 Å². The van der Waals surface area contributed by atoms with Crippen LogP contribution in [0.25, 0.3) is 21.8 Å². The smallest absolute Gasteiger partial charge is 0.303 e. The van der Waals surface area contributed by atoms with Crippen LogP contribution >= 0.6 is 0 Å². The van der Waals surface area contributed by atoms with Crippen molar-refractivity contribution < 1.29 is 38.6 Å². The maximum Gasteiger partial charge on any atom is 0.303 e. The molecule has 3 heterocycles. The Morgan fingerprint density at radius 1 is 0.677 bits per heavy atom. The van der Waals surface area contributed by atoms with Crippen LogP contribution in [0.1, 0.15) is 98.0 Å². The Labute approximate surface area is 378 Å². The first-order chi connectivity index (χ1) is 31.4. The molecule has 2 aliphatic carbocycles. The zero-order chi connectivity index (χ0) is 46.5. The number of fused-ring (bicyclic) bond motifs is 2. The summed E-state index contributed by atoms with van der Waals surface area (Å²) in [5.74, 6) is -2.89. The Kier molecular flexibility index (Phi) is 16.7. The Morgan fingerprint density at radius 3 is 1.54 bits per heavy atom. The summed E-state index contributed by atoms with van der Waals surface area (Å²) in [5, 5.41) is 41.1. The quantitative estimate of drug-likeness (QED) is 0.119. The lowest BCUT2D eigenvalue weighted by Gasteiger charge is -2.32. The molecule has 5 amide bonds. The molecular weight excluding hydrogens is 831 g/mol. The molecule has 4 aromatic rings. The van der Waals surface area contributed by atoms with Crippen molar-refractivity contribution in [3.63, 3.8) is 0 Å². The van der Waals surface area contributed by atoms with E-state index >= 15 is 0 Å². The fourth-order valence-corrected chi connectivity index (χ4v) is 9.14. The van der Waals surface area contributed by atoms with Crippen LogP contribution in [0.2, 0.25) is 0 Å². The molecule has 5 N–H and O–H groups in total. The molecule has 2 aromatic carbocycles. The molecule has 2 saturated carbocycles. The SMILES string of the molecule is Cn1c(C(=O)N[C@H]2CCCC[C@H]2C(=O)N[C@H](C#N)CCC(=O)N2CCOCC2)cc2ccccc21.Cn1c(C(=O)N[C@H]2CCCC[C@H]2C(=O)N[C@H](C#N)CCC(=O)O)cc2ccccc21. The summed E-state index contributed by atoms with van der Waals surface area (Å²) in [6.07, 6.45) is 6.57. The third-order valence-corrected chi connectivity index (χ3v) is 12.8. The van der Waals surface area contributed by atoms with Crippen LogP contribution in [-0.4, -0.2) is 105 Å². The van der Waals surface area contributed by atoms with Crippen LogP contribution in [-0.2, 0) is 38.0 Å². The number of aliphatic carboxylic acids is 1. The lowest BCUT2D eigenvalue weighted by atomic mass is 9.83. The Balaban J connectivity index is 0.000000218. The number of hydrogen-bond acceptors (Lipinski definition) is 9. The van der Waals surface area contributed by atoms with E-state index in [4.69, 9.17) is 9.84 Å². The molecule has 17 nitrogen and oxygen atoms in total. The third kappa shape index (κ3) is 12.3. The van der Waals surface area contributed by atoms with Crippen molar-refractivity contribution in [2.45, 2.75) is 101 Å². The Bertz CT molecular complexity index is 2440. The molecule has 17 heteroatoms. The summed E-state index contributed by atoms with van der Waals surface area (Å²) in [4.78, 5) is 76.8. The first-order valence-electron chi connectivity index (χ1n) is 22.6. The number of carboxylic acids is 1. The number of carbonyl (C=O) groups is 6. The second-order valence-electron chi connectivity index (χ2n) is 17.1. The topological polar surface area (TPSA) is 241 Å². The Morgan fingerprint density at radius 2 is 1.11 bits per heavy atom. The number of nitrogens with one attached hydrogen (secondary N) is 4. The summed E-state index contributed by atoms with van der Waals surface area (Å²) in [5.41, 5.74) is 3.00. The predicted molar refractivity (Wildman–Crippen MR) is 241 cm³/mol. The van der Waals surface area contributed by atoms with Gasteiger partial charge in [0.05, 0.1) is 37.2 Å². The van der Waals surface area contributed by atoms with Crippen LogP contribution in [0.3, 0.4) is 0 Å². The second kappa shape index (κ2) is 22.8. The van der Waals surface area contributed by atoms with Gasteiger partial charge < -0.3 is 45.1 Å². The number of aryl methyl sites for hydroxylation is 2. The van der Waals surface area contributed by atoms with E-state index in [9.17, 15) is 39.3 Å². The van der Waals surface area contributed by atoms with Gasteiger partial charge in [0.25, 0.3) is 11.8 Å². The highest BCUT2D eigenvalue weighted by molar-refractivity contribution is 6.00. The van der Waals surface area contributed by atoms with E-state index in [0.29, 0.717) is 63.4 Å². The molecule has 0 spiro atoms. The van der Waals surface area contributed by atoms with Crippen molar-refractivity contribution in [3.8, 4) is 12.1 Å². The first kappa shape index (κ1) is 47.8. The van der Waals surface area contributed by atoms with E-state index in [2.05, 4.69) is 27.3 Å². The minimum Gasteiger partial charge on any atom is -0.481 e. The van der Waals surface area contributed by atoms with Crippen molar-refractivity contribution in [1.29, 1.82) is 10.5 Å². The van der Waals surface area contributed by atoms with E-state index in [1.807, 2.05) is 90.0 Å². The van der Waals surface area contributed by atoms with Gasteiger partial charge in [-0.25, -0.2) is 0 Å². The highest BCUT2D eigenvalue weighted by Gasteiger charge is 2.35. The molecule has 1 aliphatic heterocycles. The first-order valence-corrected chi connectivity index (χ1v) is 22.6. The lowest BCUT2D eigenvalue weighted by Crippen LogP contribution is -2.50.